The van der Waals surface area contributed by atoms with E-state index in [1.54, 1.807) is 10.8 Å². The van der Waals surface area contributed by atoms with Crippen molar-refractivity contribution in [2.45, 2.75) is 13.3 Å². The van der Waals surface area contributed by atoms with E-state index >= 15 is 0 Å². The quantitative estimate of drug-likeness (QED) is 0.847. The van der Waals surface area contributed by atoms with Crippen LogP contribution in [0.25, 0.3) is 5.69 Å². The monoisotopic (exact) mass is 409 g/mol. The first-order valence-electron chi connectivity index (χ1n) is 5.09. The topological polar surface area (TPSA) is 55.1 Å². The number of hydrogen-bond acceptors (Lipinski definition) is 2. The summed E-state index contributed by atoms with van der Waals surface area (Å²) in [6.45, 7) is 1.95. The third-order valence-electron chi connectivity index (χ3n) is 2.34. The molecule has 91 valence electrons. The molecule has 0 saturated carbocycles. The van der Waals surface area contributed by atoms with Gasteiger partial charge in [0, 0.05) is 32.0 Å². The second-order valence-electron chi connectivity index (χ2n) is 3.42. The third-order valence-corrected chi connectivity index (χ3v) is 2.34. The first kappa shape index (κ1) is 13.6. The normalized spacial score (nSPS) is 9.71. The summed E-state index contributed by atoms with van der Waals surface area (Å²) in [7, 11) is 0. The number of hydrogen-bond donors (Lipinski definition) is 1. The Morgan fingerprint density at radius 1 is 1.35 bits per heavy atom. The molecule has 0 amide bonds. The molecule has 0 atom stereocenters. The molecule has 17 heavy (non-hydrogen) atoms. The van der Waals surface area contributed by atoms with Gasteiger partial charge >= 0.3 is 5.97 Å². The summed E-state index contributed by atoms with van der Waals surface area (Å²) >= 11 is 0. The first-order valence-corrected chi connectivity index (χ1v) is 5.09. The smallest absolute Gasteiger partial charge is 0.372 e. The molecule has 0 bridgehead atoms. The number of aryl methyl sites for hydroxylation is 1. The van der Waals surface area contributed by atoms with Crippen molar-refractivity contribution in [3.63, 3.8) is 0 Å². The van der Waals surface area contributed by atoms with Gasteiger partial charge in [0.05, 0.1) is 5.69 Å². The summed E-state index contributed by atoms with van der Waals surface area (Å²) in [4.78, 5) is 15.1. The van der Waals surface area contributed by atoms with Gasteiger partial charge in [-0.25, -0.2) is 9.78 Å². The van der Waals surface area contributed by atoms with Gasteiger partial charge in [0.2, 0.25) is 5.82 Å². The van der Waals surface area contributed by atoms with Crippen molar-refractivity contribution >= 4 is 5.97 Å². The third kappa shape index (κ3) is 2.81. The molecule has 0 aliphatic rings. The second kappa shape index (κ2) is 5.75. The van der Waals surface area contributed by atoms with Crippen LogP contribution < -0.4 is 0 Å². The van der Waals surface area contributed by atoms with E-state index in [1.165, 1.54) is 0 Å². The maximum absolute atomic E-state index is 11.0. The number of benzene rings is 1. The maximum Gasteiger partial charge on any atom is 0.372 e. The van der Waals surface area contributed by atoms with Crippen LogP contribution in [-0.2, 0) is 26.5 Å². The summed E-state index contributed by atoms with van der Waals surface area (Å²) in [5.41, 5.74) is 1.59. The molecule has 2 aromatic rings. The molecule has 0 saturated heterocycles. The van der Waals surface area contributed by atoms with Gasteiger partial charge in [0.25, 0.3) is 0 Å². The number of rotatable bonds is 3. The van der Waals surface area contributed by atoms with Crippen molar-refractivity contribution in [1.29, 1.82) is 0 Å². The molecule has 2 rings (SSSR count). The number of carboxylic acid groups (broad SMARTS) is 1. The predicted octanol–water partition coefficient (Wildman–Crippen LogP) is 2.13. The molecule has 1 heterocycles. The van der Waals surface area contributed by atoms with Gasteiger partial charge in [-0.05, 0) is 18.6 Å². The van der Waals surface area contributed by atoms with Gasteiger partial charge in [-0.2, -0.15) is 0 Å². The Bertz CT molecular complexity index is 508. The molecule has 1 radical (unpaired) electrons. The summed E-state index contributed by atoms with van der Waals surface area (Å²) < 4.78 is 1.60. The molecule has 0 spiro atoms. The van der Waals surface area contributed by atoms with Crippen LogP contribution in [0.2, 0.25) is 0 Å². The molecule has 1 aromatic carbocycles. The van der Waals surface area contributed by atoms with Crippen molar-refractivity contribution in [2.75, 3.05) is 0 Å². The Hall–Kier alpha value is -1.45. The summed E-state index contributed by atoms with van der Waals surface area (Å²) in [6, 6.07) is 9.34. The maximum atomic E-state index is 11.0. The van der Waals surface area contributed by atoms with Crippen LogP contribution in [0, 0.1) is 0 Å². The number of nitrogens with zero attached hydrogens (tertiary/aromatic N) is 2. The molecule has 5 heteroatoms. The number of aromatic carboxylic acids is 1. The average molecular weight is 408 g/mol. The van der Waals surface area contributed by atoms with Crippen LogP contribution in [0.5, 0.6) is 0 Å². The van der Waals surface area contributed by atoms with E-state index < -0.39 is 5.97 Å². The van der Waals surface area contributed by atoms with Gasteiger partial charge in [0.15, 0.2) is 0 Å². The predicted molar refractivity (Wildman–Crippen MR) is 59.9 cm³/mol. The number of para-hydroxylation sites is 1. The standard InChI is InChI=1S/C12H12N2O2.Ir/c1-2-9-8-14(11(13-9)12(15)16)10-6-4-3-5-7-10;/h3-8H,2H2,1H3,(H,15,16);. The summed E-state index contributed by atoms with van der Waals surface area (Å²) in [5, 5.41) is 9.05. The van der Waals surface area contributed by atoms with E-state index in [0.29, 0.717) is 0 Å². The van der Waals surface area contributed by atoms with Crippen LogP contribution >= 0.6 is 0 Å². The van der Waals surface area contributed by atoms with Crippen LogP contribution in [0.15, 0.2) is 36.5 Å². The zero-order valence-electron chi connectivity index (χ0n) is 9.25. The van der Waals surface area contributed by atoms with Gasteiger partial charge in [-0.15, -0.1) is 0 Å². The van der Waals surface area contributed by atoms with Gasteiger partial charge in [-0.3, -0.25) is 4.57 Å². The molecule has 1 N–H and O–H groups in total. The Balaban J connectivity index is 0.00000144. The molecular formula is C12H12IrN2O2. The zero-order chi connectivity index (χ0) is 11.5. The van der Waals surface area contributed by atoms with Crippen LogP contribution in [-0.4, -0.2) is 20.6 Å². The van der Waals surface area contributed by atoms with Crippen molar-refractivity contribution in [1.82, 2.24) is 9.55 Å². The van der Waals surface area contributed by atoms with Crippen molar-refractivity contribution < 1.29 is 30.0 Å². The number of aromatic nitrogens is 2. The molecule has 0 fully saturated rings. The fourth-order valence-electron chi connectivity index (χ4n) is 1.54. The van der Waals surface area contributed by atoms with E-state index in [0.717, 1.165) is 17.8 Å². The van der Waals surface area contributed by atoms with E-state index in [-0.39, 0.29) is 25.9 Å². The molecular weight excluding hydrogens is 396 g/mol. The Morgan fingerprint density at radius 3 is 2.53 bits per heavy atom. The summed E-state index contributed by atoms with van der Waals surface area (Å²) in [6.07, 6.45) is 2.49. The number of carboxylic acids is 1. The fraction of sp³-hybridized carbons (Fsp3) is 0.167. The Labute approximate surface area is 113 Å². The Morgan fingerprint density at radius 2 is 2.00 bits per heavy atom. The number of imidazole rings is 1. The number of carbonyl (C=O) groups is 1. The van der Waals surface area contributed by atoms with Crippen molar-refractivity contribution in [3.05, 3.63) is 48.0 Å². The SMILES string of the molecule is CCc1cn(-c2ccccc2)c(C(=O)O)n1.[Ir]. The average Bonchev–Trinajstić information content (AvgIpc) is 2.74. The molecule has 1 aromatic heterocycles. The van der Waals surface area contributed by atoms with E-state index in [1.807, 2.05) is 37.3 Å². The van der Waals surface area contributed by atoms with E-state index in [2.05, 4.69) is 4.98 Å². The molecule has 0 unspecified atom stereocenters. The zero-order valence-corrected chi connectivity index (χ0v) is 11.6. The minimum Gasteiger partial charge on any atom is -0.475 e. The minimum absolute atomic E-state index is 0. The summed E-state index contributed by atoms with van der Waals surface area (Å²) in [5.74, 6) is -0.952. The second-order valence-corrected chi connectivity index (χ2v) is 3.42. The molecule has 4 nitrogen and oxygen atoms in total. The largest absolute Gasteiger partial charge is 0.475 e. The van der Waals surface area contributed by atoms with Crippen LogP contribution in [0.4, 0.5) is 0 Å². The van der Waals surface area contributed by atoms with E-state index in [9.17, 15) is 4.79 Å². The minimum atomic E-state index is -1.01. The molecule has 0 aliphatic carbocycles. The van der Waals surface area contributed by atoms with Crippen LogP contribution in [0.1, 0.15) is 23.2 Å². The van der Waals surface area contributed by atoms with Gasteiger partial charge in [-0.1, -0.05) is 25.1 Å². The van der Waals surface area contributed by atoms with E-state index in [4.69, 9.17) is 5.11 Å². The van der Waals surface area contributed by atoms with Crippen molar-refractivity contribution in [3.8, 4) is 5.69 Å². The molecule has 0 aliphatic heterocycles. The first-order chi connectivity index (χ1) is 7.72. The van der Waals surface area contributed by atoms with Crippen molar-refractivity contribution in [2.24, 2.45) is 0 Å². The fourth-order valence-corrected chi connectivity index (χ4v) is 1.54. The van der Waals surface area contributed by atoms with Gasteiger partial charge < -0.3 is 5.11 Å². The van der Waals surface area contributed by atoms with Gasteiger partial charge in [0.1, 0.15) is 0 Å². The Kier molecular flexibility index (Phi) is 4.61. The van der Waals surface area contributed by atoms with Crippen LogP contribution in [0.3, 0.4) is 0 Å².